The van der Waals surface area contributed by atoms with Crippen molar-refractivity contribution < 1.29 is 19.7 Å². The fraction of sp³-hybridized carbons (Fsp3) is 0.500. The van der Waals surface area contributed by atoms with Gasteiger partial charge < -0.3 is 14.9 Å². The van der Waals surface area contributed by atoms with Crippen LogP contribution in [0.2, 0.25) is 0 Å². The third kappa shape index (κ3) is 1.92. The number of nitrogens with zero attached hydrogens (tertiary/aromatic N) is 1. The summed E-state index contributed by atoms with van der Waals surface area (Å²) in [5.41, 5.74) is 1.03. The molecule has 5 nitrogen and oxygen atoms in total. The van der Waals surface area contributed by atoms with Crippen molar-refractivity contribution in [3.05, 3.63) is 28.6 Å². The zero-order valence-corrected chi connectivity index (χ0v) is 9.86. The molecule has 0 radical (unpaired) electrons. The molecule has 2 N–H and O–H groups in total. The number of aliphatic hydroxyl groups excluding tert-OH is 1. The molecule has 1 aromatic heterocycles. The molecule has 1 aliphatic carbocycles. The number of hydrogen-bond acceptors (Lipinski definition) is 5. The van der Waals surface area contributed by atoms with Gasteiger partial charge in [0.05, 0.1) is 19.4 Å². The van der Waals surface area contributed by atoms with Crippen LogP contribution in [-0.2, 0) is 23.4 Å². The monoisotopic (exact) mass is 237 g/mol. The third-order valence-corrected chi connectivity index (χ3v) is 3.15. The highest BCUT2D eigenvalue weighted by molar-refractivity contribution is 5.87. The van der Waals surface area contributed by atoms with E-state index in [1.807, 2.05) is 0 Å². The Morgan fingerprint density at radius 3 is 2.94 bits per heavy atom. The Labute approximate surface area is 99.1 Å². The van der Waals surface area contributed by atoms with E-state index in [-0.39, 0.29) is 12.3 Å². The molecule has 1 unspecified atom stereocenters. The van der Waals surface area contributed by atoms with E-state index in [1.165, 1.54) is 13.2 Å². The minimum Gasteiger partial charge on any atom is -0.464 e. The fourth-order valence-electron chi connectivity index (χ4n) is 2.19. The second kappa shape index (κ2) is 4.09. The summed E-state index contributed by atoms with van der Waals surface area (Å²) in [6.45, 7) is 1.49. The van der Waals surface area contributed by atoms with Crippen LogP contribution in [0.25, 0.3) is 0 Å². The van der Waals surface area contributed by atoms with Gasteiger partial charge >= 0.3 is 5.97 Å². The maximum atomic E-state index is 11.4. The summed E-state index contributed by atoms with van der Waals surface area (Å²) in [5, 5.41) is 19.4. The predicted octanol–water partition coefficient (Wildman–Crippen LogP) is 0.514. The predicted molar refractivity (Wildman–Crippen MR) is 59.4 cm³/mol. The van der Waals surface area contributed by atoms with Gasteiger partial charge in [-0.15, -0.1) is 0 Å². The molecule has 0 fully saturated rings. The van der Waals surface area contributed by atoms with Gasteiger partial charge in [0, 0.05) is 0 Å². The highest BCUT2D eigenvalue weighted by atomic mass is 16.5. The standard InChI is InChI=1S/C12H15NO4/c1-12(16)4-3-8-7(6-14)5-9(11(15)17-2)13-10(8)12/h5,14,16H,3-4,6H2,1-2H3. The number of ether oxygens (including phenoxy) is 1. The topological polar surface area (TPSA) is 79.7 Å². The first-order valence-electron chi connectivity index (χ1n) is 5.44. The summed E-state index contributed by atoms with van der Waals surface area (Å²) >= 11 is 0. The minimum absolute atomic E-state index is 0.123. The SMILES string of the molecule is COC(=O)c1cc(CO)c2c(n1)C(C)(O)CC2. The summed E-state index contributed by atoms with van der Waals surface area (Å²) in [4.78, 5) is 15.6. The summed E-state index contributed by atoms with van der Waals surface area (Å²) < 4.78 is 4.60. The molecule has 1 atom stereocenters. The van der Waals surface area contributed by atoms with Gasteiger partial charge in [-0.25, -0.2) is 9.78 Å². The zero-order valence-electron chi connectivity index (χ0n) is 9.86. The molecule has 1 heterocycles. The third-order valence-electron chi connectivity index (χ3n) is 3.15. The van der Waals surface area contributed by atoms with Crippen LogP contribution in [0.4, 0.5) is 0 Å². The lowest BCUT2D eigenvalue weighted by atomic mass is 10.0. The number of esters is 1. The number of fused-ring (bicyclic) bond motifs is 1. The van der Waals surface area contributed by atoms with Gasteiger partial charge in [-0.2, -0.15) is 0 Å². The molecule has 1 aliphatic rings. The second-order valence-corrected chi connectivity index (χ2v) is 4.42. The Hall–Kier alpha value is -1.46. The second-order valence-electron chi connectivity index (χ2n) is 4.42. The number of hydrogen-bond donors (Lipinski definition) is 2. The average molecular weight is 237 g/mol. The number of rotatable bonds is 2. The maximum absolute atomic E-state index is 11.4. The number of carbonyl (C=O) groups excluding carboxylic acids is 1. The lowest BCUT2D eigenvalue weighted by Gasteiger charge is -2.17. The first-order valence-corrected chi connectivity index (χ1v) is 5.44. The molecule has 2 rings (SSSR count). The molecule has 0 aliphatic heterocycles. The first-order chi connectivity index (χ1) is 7.99. The molecular weight excluding hydrogens is 222 g/mol. The largest absolute Gasteiger partial charge is 0.464 e. The lowest BCUT2D eigenvalue weighted by molar-refractivity contribution is 0.0533. The molecule has 1 aromatic rings. The maximum Gasteiger partial charge on any atom is 0.356 e. The molecule has 0 spiro atoms. The van der Waals surface area contributed by atoms with E-state index in [0.29, 0.717) is 24.1 Å². The normalized spacial score (nSPS) is 22.4. The smallest absolute Gasteiger partial charge is 0.356 e. The van der Waals surface area contributed by atoms with Crippen LogP contribution >= 0.6 is 0 Å². The molecule has 0 amide bonds. The number of carbonyl (C=O) groups is 1. The molecule has 0 saturated carbocycles. The zero-order chi connectivity index (χ0) is 12.6. The Bertz CT molecular complexity index is 468. The lowest BCUT2D eigenvalue weighted by Crippen LogP contribution is -2.20. The van der Waals surface area contributed by atoms with Gasteiger partial charge in [0.1, 0.15) is 11.3 Å². The molecule has 0 aromatic carbocycles. The highest BCUT2D eigenvalue weighted by Crippen LogP contribution is 2.37. The number of methoxy groups -OCH3 is 1. The average Bonchev–Trinajstić information content (AvgIpc) is 2.63. The summed E-state index contributed by atoms with van der Waals surface area (Å²) in [6.07, 6.45) is 1.21. The highest BCUT2D eigenvalue weighted by Gasteiger charge is 2.36. The molecular formula is C12H15NO4. The minimum atomic E-state index is -1.04. The van der Waals surface area contributed by atoms with Crippen molar-refractivity contribution in [1.82, 2.24) is 4.98 Å². The van der Waals surface area contributed by atoms with Crippen LogP contribution in [0, 0.1) is 0 Å². The Kier molecular flexibility index (Phi) is 2.89. The van der Waals surface area contributed by atoms with Gasteiger partial charge in [0.15, 0.2) is 0 Å². The summed E-state index contributed by atoms with van der Waals surface area (Å²) in [7, 11) is 1.27. The van der Waals surface area contributed by atoms with E-state index in [9.17, 15) is 15.0 Å². The molecule has 5 heteroatoms. The number of aromatic nitrogens is 1. The molecule has 0 saturated heterocycles. The van der Waals surface area contributed by atoms with Crippen LogP contribution < -0.4 is 0 Å². The van der Waals surface area contributed by atoms with Gasteiger partial charge in [0.2, 0.25) is 0 Å². The van der Waals surface area contributed by atoms with E-state index in [1.54, 1.807) is 6.92 Å². The fourth-order valence-corrected chi connectivity index (χ4v) is 2.19. The van der Waals surface area contributed by atoms with Gasteiger partial charge in [-0.3, -0.25) is 0 Å². The van der Waals surface area contributed by atoms with Crippen molar-refractivity contribution in [2.75, 3.05) is 7.11 Å². The molecule has 92 valence electrons. The van der Waals surface area contributed by atoms with Gasteiger partial charge in [-0.05, 0) is 37.0 Å². The number of aliphatic hydroxyl groups is 2. The van der Waals surface area contributed by atoms with Crippen LogP contribution in [0.15, 0.2) is 6.07 Å². The Balaban J connectivity index is 2.59. The van der Waals surface area contributed by atoms with Crippen LogP contribution in [0.1, 0.15) is 40.7 Å². The summed E-state index contributed by atoms with van der Waals surface area (Å²) in [5.74, 6) is -0.565. The van der Waals surface area contributed by atoms with Crippen LogP contribution in [-0.4, -0.2) is 28.3 Å². The first kappa shape index (κ1) is 12.0. The van der Waals surface area contributed by atoms with Crippen LogP contribution in [0.3, 0.4) is 0 Å². The van der Waals surface area contributed by atoms with Crippen molar-refractivity contribution in [1.29, 1.82) is 0 Å². The van der Waals surface area contributed by atoms with E-state index >= 15 is 0 Å². The van der Waals surface area contributed by atoms with Crippen molar-refractivity contribution >= 4 is 5.97 Å². The van der Waals surface area contributed by atoms with Crippen LogP contribution in [0.5, 0.6) is 0 Å². The summed E-state index contributed by atoms with van der Waals surface area (Å²) in [6, 6.07) is 1.52. The Morgan fingerprint density at radius 1 is 1.65 bits per heavy atom. The van der Waals surface area contributed by atoms with E-state index < -0.39 is 11.6 Å². The van der Waals surface area contributed by atoms with Crippen molar-refractivity contribution in [3.8, 4) is 0 Å². The quantitative estimate of drug-likeness (QED) is 0.733. The van der Waals surface area contributed by atoms with E-state index in [4.69, 9.17) is 0 Å². The van der Waals surface area contributed by atoms with E-state index in [0.717, 1.165) is 5.56 Å². The van der Waals surface area contributed by atoms with Crippen molar-refractivity contribution in [3.63, 3.8) is 0 Å². The van der Waals surface area contributed by atoms with E-state index in [2.05, 4.69) is 9.72 Å². The van der Waals surface area contributed by atoms with Gasteiger partial charge in [0.25, 0.3) is 0 Å². The van der Waals surface area contributed by atoms with Crippen molar-refractivity contribution in [2.24, 2.45) is 0 Å². The number of pyridine rings is 1. The molecule has 17 heavy (non-hydrogen) atoms. The Morgan fingerprint density at radius 2 is 2.35 bits per heavy atom. The van der Waals surface area contributed by atoms with Crippen molar-refractivity contribution in [2.45, 2.75) is 32.0 Å². The van der Waals surface area contributed by atoms with Gasteiger partial charge in [-0.1, -0.05) is 0 Å². The molecule has 0 bridgehead atoms.